The maximum absolute atomic E-state index is 13.3. The number of carbonyl (C=O) groups excluding carboxylic acids is 2. The molecule has 0 saturated heterocycles. The molecule has 0 aliphatic rings. The summed E-state index contributed by atoms with van der Waals surface area (Å²) in [6, 6.07) is 25.5. The number of aromatic amines is 1. The third-order valence-electron chi connectivity index (χ3n) is 5.98. The molecule has 1 heterocycles. The molecule has 5 rings (SSSR count). The lowest BCUT2D eigenvalue weighted by Crippen LogP contribution is -2.19. The van der Waals surface area contributed by atoms with Gasteiger partial charge in [-0.05, 0) is 76.1 Å². The molecule has 10 heteroatoms. The number of hydrogen-bond acceptors (Lipinski definition) is 5. The fourth-order valence-corrected chi connectivity index (χ4v) is 5.82. The van der Waals surface area contributed by atoms with Gasteiger partial charge >= 0.3 is 5.97 Å². The highest BCUT2D eigenvalue weighted by molar-refractivity contribution is 9.11. The van der Waals surface area contributed by atoms with Gasteiger partial charge in [0.25, 0.3) is 5.91 Å². The largest absolute Gasteiger partial charge is 0.497 e. The molecular formula is C30H20Br3N3O4. The summed E-state index contributed by atoms with van der Waals surface area (Å²) in [5.74, 6) is -0.0974. The van der Waals surface area contributed by atoms with Crippen LogP contribution in [0.2, 0.25) is 0 Å². The molecule has 5 aromatic rings. The van der Waals surface area contributed by atoms with Crippen molar-refractivity contribution in [2.75, 3.05) is 7.11 Å². The van der Waals surface area contributed by atoms with Crippen LogP contribution in [0.3, 0.4) is 0 Å². The Hall–Kier alpha value is -3.73. The molecule has 0 bridgehead atoms. The second-order valence-electron chi connectivity index (χ2n) is 8.55. The molecule has 0 fully saturated rings. The van der Waals surface area contributed by atoms with Crippen molar-refractivity contribution < 1.29 is 19.1 Å². The number of amides is 1. The minimum atomic E-state index is -0.555. The van der Waals surface area contributed by atoms with E-state index in [-0.39, 0.29) is 5.75 Å². The van der Waals surface area contributed by atoms with Crippen molar-refractivity contribution in [3.63, 3.8) is 0 Å². The normalized spacial score (nSPS) is 11.1. The number of carbonyl (C=O) groups is 2. The van der Waals surface area contributed by atoms with Crippen LogP contribution in [0.1, 0.15) is 26.4 Å². The first-order chi connectivity index (χ1) is 19.3. The second-order valence-corrected chi connectivity index (χ2v) is 11.2. The summed E-state index contributed by atoms with van der Waals surface area (Å²) >= 11 is 10.4. The quantitative estimate of drug-likeness (QED) is 0.0768. The standard InChI is InChI=1S/C30H20Br3N3O4/c1-39-22-10-7-18(8-11-22)30(38)40-28-19(13-21(32)15-24(28)33)16-34-36-29(37)27-26(17-5-3-2-4-6-17)23-14-20(31)9-12-25(23)35-27/h2-16,35H,1H3,(H,36,37). The first-order valence-corrected chi connectivity index (χ1v) is 14.3. The smallest absolute Gasteiger partial charge is 0.343 e. The van der Waals surface area contributed by atoms with Crippen molar-refractivity contribution in [3.8, 4) is 22.6 Å². The Kier molecular flexibility index (Phi) is 8.49. The zero-order valence-corrected chi connectivity index (χ0v) is 25.6. The van der Waals surface area contributed by atoms with Gasteiger partial charge in [0.1, 0.15) is 11.4 Å². The van der Waals surface area contributed by atoms with E-state index >= 15 is 0 Å². The summed E-state index contributed by atoms with van der Waals surface area (Å²) in [5.41, 5.74) is 6.27. The van der Waals surface area contributed by atoms with Gasteiger partial charge in [-0.25, -0.2) is 10.2 Å². The highest BCUT2D eigenvalue weighted by Gasteiger charge is 2.20. The number of nitrogens with one attached hydrogen (secondary N) is 2. The molecule has 0 aliphatic heterocycles. The third kappa shape index (κ3) is 6.04. The number of fused-ring (bicyclic) bond motifs is 1. The number of aromatic nitrogens is 1. The molecule has 0 aliphatic carbocycles. The summed E-state index contributed by atoms with van der Waals surface area (Å²) in [6.45, 7) is 0. The van der Waals surface area contributed by atoms with Crippen LogP contribution in [-0.4, -0.2) is 30.2 Å². The molecule has 0 unspecified atom stereocenters. The van der Waals surface area contributed by atoms with Crippen molar-refractivity contribution in [1.29, 1.82) is 0 Å². The lowest BCUT2D eigenvalue weighted by Gasteiger charge is -2.11. The zero-order chi connectivity index (χ0) is 28.2. The van der Waals surface area contributed by atoms with Crippen LogP contribution >= 0.6 is 47.8 Å². The third-order valence-corrected chi connectivity index (χ3v) is 7.52. The molecule has 0 atom stereocenters. The number of benzene rings is 4. The van der Waals surface area contributed by atoms with Crippen molar-refractivity contribution in [2.45, 2.75) is 0 Å². The Morgan fingerprint density at radius 3 is 2.38 bits per heavy atom. The predicted octanol–water partition coefficient (Wildman–Crippen LogP) is 8.11. The highest BCUT2D eigenvalue weighted by atomic mass is 79.9. The van der Waals surface area contributed by atoms with Crippen LogP contribution in [0, 0.1) is 0 Å². The van der Waals surface area contributed by atoms with Crippen LogP contribution < -0.4 is 14.9 Å². The number of H-pyrrole nitrogens is 1. The summed E-state index contributed by atoms with van der Waals surface area (Å²) in [7, 11) is 1.55. The Balaban J connectivity index is 1.42. The Labute approximate surface area is 255 Å². The Morgan fingerprint density at radius 2 is 1.65 bits per heavy atom. The molecule has 200 valence electrons. The van der Waals surface area contributed by atoms with E-state index in [1.807, 2.05) is 48.5 Å². The molecule has 1 aromatic heterocycles. The summed E-state index contributed by atoms with van der Waals surface area (Å²) in [5, 5.41) is 5.08. The SMILES string of the molecule is COc1ccc(C(=O)Oc2c(Br)cc(Br)cc2C=NNC(=O)c2[nH]c3ccc(Br)cc3c2-c2ccccc2)cc1. The fraction of sp³-hybridized carbons (Fsp3) is 0.0333. The molecule has 0 spiro atoms. The number of ether oxygens (including phenoxy) is 2. The topological polar surface area (TPSA) is 92.8 Å². The van der Waals surface area contributed by atoms with Gasteiger partial charge in [0.2, 0.25) is 0 Å². The fourth-order valence-electron chi connectivity index (χ4n) is 4.12. The minimum absolute atomic E-state index is 0.252. The van der Waals surface area contributed by atoms with E-state index in [0.29, 0.717) is 27.0 Å². The highest BCUT2D eigenvalue weighted by Crippen LogP contribution is 2.35. The van der Waals surface area contributed by atoms with Crippen molar-refractivity contribution >= 4 is 76.8 Å². The van der Waals surface area contributed by atoms with Crippen LogP contribution in [0.25, 0.3) is 22.0 Å². The number of hydrogen-bond donors (Lipinski definition) is 2. The molecule has 40 heavy (non-hydrogen) atoms. The van der Waals surface area contributed by atoms with Crippen LogP contribution in [0.4, 0.5) is 0 Å². The van der Waals surface area contributed by atoms with Gasteiger partial charge in [-0.15, -0.1) is 0 Å². The number of methoxy groups -OCH3 is 1. The number of hydrazone groups is 1. The molecule has 1 amide bonds. The van der Waals surface area contributed by atoms with Gasteiger partial charge in [0.15, 0.2) is 5.75 Å². The summed E-state index contributed by atoms with van der Waals surface area (Å²) in [6.07, 6.45) is 1.42. The van der Waals surface area contributed by atoms with Gasteiger partial charge in [0.05, 0.1) is 23.4 Å². The van der Waals surface area contributed by atoms with Gasteiger partial charge < -0.3 is 14.5 Å². The minimum Gasteiger partial charge on any atom is -0.497 e. The van der Waals surface area contributed by atoms with Crippen LogP contribution in [0.5, 0.6) is 11.5 Å². The molecule has 4 aromatic carbocycles. The van der Waals surface area contributed by atoms with Gasteiger partial charge in [-0.2, -0.15) is 5.10 Å². The molecule has 0 saturated carbocycles. The Morgan fingerprint density at radius 1 is 0.900 bits per heavy atom. The molecule has 7 nitrogen and oxygen atoms in total. The van der Waals surface area contributed by atoms with Gasteiger partial charge in [-0.3, -0.25) is 4.79 Å². The average Bonchev–Trinajstić information content (AvgIpc) is 3.34. The number of nitrogens with zero attached hydrogens (tertiary/aromatic N) is 1. The molecule has 0 radical (unpaired) electrons. The van der Waals surface area contributed by atoms with E-state index < -0.39 is 11.9 Å². The number of halogens is 3. The monoisotopic (exact) mass is 723 g/mol. The number of rotatable bonds is 7. The molecular weight excluding hydrogens is 706 g/mol. The van der Waals surface area contributed by atoms with E-state index in [9.17, 15) is 9.59 Å². The van der Waals surface area contributed by atoms with E-state index in [2.05, 4.69) is 63.3 Å². The maximum Gasteiger partial charge on any atom is 0.343 e. The summed E-state index contributed by atoms with van der Waals surface area (Å²) < 4.78 is 13.0. The maximum atomic E-state index is 13.3. The van der Waals surface area contributed by atoms with Crippen molar-refractivity contribution in [3.05, 3.63) is 115 Å². The average molecular weight is 726 g/mol. The van der Waals surface area contributed by atoms with E-state index in [1.165, 1.54) is 6.21 Å². The van der Waals surface area contributed by atoms with Crippen LogP contribution in [0.15, 0.2) is 103 Å². The van der Waals surface area contributed by atoms with Gasteiger partial charge in [-0.1, -0.05) is 62.2 Å². The Bertz CT molecular complexity index is 1750. The zero-order valence-electron chi connectivity index (χ0n) is 20.9. The van der Waals surface area contributed by atoms with E-state index in [0.717, 1.165) is 31.0 Å². The lowest BCUT2D eigenvalue weighted by atomic mass is 10.0. The number of esters is 1. The van der Waals surface area contributed by atoms with Crippen molar-refractivity contribution in [1.82, 2.24) is 10.4 Å². The van der Waals surface area contributed by atoms with E-state index in [4.69, 9.17) is 9.47 Å². The molecule has 2 N–H and O–H groups in total. The predicted molar refractivity (Wildman–Crippen MR) is 166 cm³/mol. The van der Waals surface area contributed by atoms with Gasteiger partial charge in [0, 0.05) is 31.0 Å². The second kappa shape index (κ2) is 12.2. The first kappa shape index (κ1) is 27.8. The van der Waals surface area contributed by atoms with Crippen LogP contribution in [-0.2, 0) is 0 Å². The van der Waals surface area contributed by atoms with E-state index in [1.54, 1.807) is 43.5 Å². The first-order valence-electron chi connectivity index (χ1n) is 11.9. The summed E-state index contributed by atoms with van der Waals surface area (Å²) in [4.78, 5) is 29.4. The van der Waals surface area contributed by atoms with Crippen molar-refractivity contribution in [2.24, 2.45) is 5.10 Å². The lowest BCUT2D eigenvalue weighted by molar-refractivity contribution is 0.0732.